The average Bonchev–Trinajstić information content (AvgIpc) is 2.85. The number of hydrogen-bond acceptors (Lipinski definition) is 3. The third-order valence-corrected chi connectivity index (χ3v) is 3.56. The van der Waals surface area contributed by atoms with Gasteiger partial charge in [0.15, 0.2) is 0 Å². The monoisotopic (exact) mass is 279 g/mol. The molecule has 0 radical (unpaired) electrons. The molecule has 5 nitrogen and oxygen atoms in total. The van der Waals surface area contributed by atoms with E-state index in [2.05, 4.69) is 5.32 Å². The number of nitrogens with zero attached hydrogens (tertiary/aromatic N) is 2. The highest BCUT2D eigenvalue weighted by Crippen LogP contribution is 2.19. The molecule has 20 heavy (non-hydrogen) atoms. The van der Waals surface area contributed by atoms with E-state index >= 15 is 0 Å². The van der Waals surface area contributed by atoms with E-state index in [9.17, 15) is 14.0 Å². The van der Waals surface area contributed by atoms with Crippen LogP contribution in [-0.4, -0.2) is 48.4 Å². The van der Waals surface area contributed by atoms with Crippen molar-refractivity contribution in [2.45, 2.75) is 13.0 Å². The van der Waals surface area contributed by atoms with E-state index in [1.54, 1.807) is 19.2 Å². The minimum absolute atomic E-state index is 0.0368. The molecule has 1 aromatic rings. The number of halogens is 1. The lowest BCUT2D eigenvalue weighted by Gasteiger charge is -2.25. The van der Waals surface area contributed by atoms with Gasteiger partial charge >= 0.3 is 6.03 Å². The largest absolute Gasteiger partial charge is 0.336 e. The van der Waals surface area contributed by atoms with Crippen molar-refractivity contribution in [3.8, 4) is 0 Å². The molecule has 6 heteroatoms. The predicted molar refractivity (Wildman–Crippen MR) is 72.6 cm³/mol. The van der Waals surface area contributed by atoms with Crippen LogP contribution in [-0.2, 0) is 4.79 Å². The molecule has 0 saturated carbocycles. The second kappa shape index (κ2) is 6.00. The van der Waals surface area contributed by atoms with Gasteiger partial charge in [0.2, 0.25) is 5.91 Å². The number of imide groups is 1. The molecule has 0 aliphatic carbocycles. The van der Waals surface area contributed by atoms with Crippen molar-refractivity contribution >= 4 is 11.9 Å². The molecule has 0 bridgehead atoms. The molecule has 3 amide bonds. The van der Waals surface area contributed by atoms with Crippen LogP contribution in [0, 0.1) is 5.82 Å². The van der Waals surface area contributed by atoms with Crippen molar-refractivity contribution in [1.82, 2.24) is 15.1 Å². The lowest BCUT2D eigenvalue weighted by Crippen LogP contribution is -2.41. The Morgan fingerprint density at radius 3 is 2.65 bits per heavy atom. The van der Waals surface area contributed by atoms with Gasteiger partial charge in [-0.1, -0.05) is 12.1 Å². The second-order valence-electron chi connectivity index (χ2n) is 4.92. The number of likely N-dealkylation sites (N-methyl/N-ethyl adjacent to an activating group) is 1. The Balaban J connectivity index is 1.97. The Kier molecular flexibility index (Phi) is 4.34. The Hall–Kier alpha value is -1.95. The molecule has 1 saturated heterocycles. The quantitative estimate of drug-likeness (QED) is 0.905. The number of rotatable bonds is 4. The first-order valence-corrected chi connectivity index (χ1v) is 6.53. The van der Waals surface area contributed by atoms with E-state index in [0.29, 0.717) is 13.1 Å². The predicted octanol–water partition coefficient (Wildman–Crippen LogP) is 1.37. The molecule has 1 aliphatic heterocycles. The van der Waals surface area contributed by atoms with Crippen molar-refractivity contribution in [3.63, 3.8) is 0 Å². The zero-order valence-electron chi connectivity index (χ0n) is 11.6. The van der Waals surface area contributed by atoms with Gasteiger partial charge in [0.1, 0.15) is 5.82 Å². The summed E-state index contributed by atoms with van der Waals surface area (Å²) in [7, 11) is 1.81. The fourth-order valence-electron chi connectivity index (χ4n) is 2.14. The van der Waals surface area contributed by atoms with Crippen LogP contribution in [0.3, 0.4) is 0 Å². The van der Waals surface area contributed by atoms with Crippen molar-refractivity contribution in [3.05, 3.63) is 35.6 Å². The van der Waals surface area contributed by atoms with Crippen molar-refractivity contribution < 1.29 is 14.0 Å². The molecule has 1 aliphatic rings. The Bertz CT molecular complexity index is 504. The van der Waals surface area contributed by atoms with Gasteiger partial charge in [0, 0.05) is 19.1 Å². The van der Waals surface area contributed by atoms with Gasteiger partial charge in [0.25, 0.3) is 0 Å². The van der Waals surface area contributed by atoms with Gasteiger partial charge in [-0.15, -0.1) is 0 Å². The normalized spacial score (nSPS) is 16.4. The summed E-state index contributed by atoms with van der Waals surface area (Å²) in [5, 5.41) is 2.60. The van der Waals surface area contributed by atoms with Crippen LogP contribution in [0.1, 0.15) is 18.5 Å². The smallest absolute Gasteiger partial charge is 0.324 e. The molecule has 2 rings (SSSR count). The SMILES string of the molecule is C[C@H](c1ccc(F)cc1)N(C)CC(=O)N1CCNC1=O. The lowest BCUT2D eigenvalue weighted by atomic mass is 10.1. The van der Waals surface area contributed by atoms with Gasteiger partial charge in [0.05, 0.1) is 6.54 Å². The summed E-state index contributed by atoms with van der Waals surface area (Å²) in [6.45, 7) is 2.99. The van der Waals surface area contributed by atoms with Crippen LogP contribution >= 0.6 is 0 Å². The van der Waals surface area contributed by atoms with Crippen LogP contribution in [0.4, 0.5) is 9.18 Å². The van der Waals surface area contributed by atoms with E-state index in [1.165, 1.54) is 17.0 Å². The fraction of sp³-hybridized carbons (Fsp3) is 0.429. The van der Waals surface area contributed by atoms with Crippen molar-refractivity contribution in [2.75, 3.05) is 26.7 Å². The van der Waals surface area contributed by atoms with E-state index in [-0.39, 0.29) is 30.3 Å². The summed E-state index contributed by atoms with van der Waals surface area (Å²) in [4.78, 5) is 26.5. The molecule has 1 N–H and O–H groups in total. The Morgan fingerprint density at radius 2 is 2.10 bits per heavy atom. The highest BCUT2D eigenvalue weighted by molar-refractivity contribution is 5.96. The number of carbonyl (C=O) groups is 2. The molecule has 1 heterocycles. The van der Waals surface area contributed by atoms with Crippen LogP contribution in [0.15, 0.2) is 24.3 Å². The maximum atomic E-state index is 12.9. The van der Waals surface area contributed by atoms with Crippen LogP contribution < -0.4 is 5.32 Å². The minimum Gasteiger partial charge on any atom is -0.336 e. The number of benzene rings is 1. The summed E-state index contributed by atoms with van der Waals surface area (Å²) in [6.07, 6.45) is 0. The van der Waals surface area contributed by atoms with Crippen LogP contribution in [0.5, 0.6) is 0 Å². The summed E-state index contributed by atoms with van der Waals surface area (Å²) in [6, 6.07) is 5.82. The average molecular weight is 279 g/mol. The highest BCUT2D eigenvalue weighted by Gasteiger charge is 2.27. The zero-order valence-corrected chi connectivity index (χ0v) is 11.6. The van der Waals surface area contributed by atoms with Crippen molar-refractivity contribution in [1.29, 1.82) is 0 Å². The maximum absolute atomic E-state index is 12.9. The number of nitrogens with one attached hydrogen (secondary N) is 1. The van der Waals surface area contributed by atoms with Gasteiger partial charge in [-0.2, -0.15) is 0 Å². The topological polar surface area (TPSA) is 52.7 Å². The number of urea groups is 1. The molecule has 0 aromatic heterocycles. The molecular weight excluding hydrogens is 261 g/mol. The molecule has 108 valence electrons. The fourth-order valence-corrected chi connectivity index (χ4v) is 2.14. The Labute approximate surface area is 117 Å². The van der Waals surface area contributed by atoms with Crippen LogP contribution in [0.25, 0.3) is 0 Å². The van der Waals surface area contributed by atoms with E-state index in [4.69, 9.17) is 0 Å². The van der Waals surface area contributed by atoms with Crippen molar-refractivity contribution in [2.24, 2.45) is 0 Å². The highest BCUT2D eigenvalue weighted by atomic mass is 19.1. The van der Waals surface area contributed by atoms with E-state index < -0.39 is 0 Å². The first kappa shape index (κ1) is 14.5. The number of hydrogen-bond donors (Lipinski definition) is 1. The summed E-state index contributed by atoms with van der Waals surface area (Å²) < 4.78 is 12.9. The molecule has 1 atom stereocenters. The van der Waals surface area contributed by atoms with E-state index in [0.717, 1.165) is 5.56 Å². The number of amides is 3. The van der Waals surface area contributed by atoms with Gasteiger partial charge in [-0.25, -0.2) is 9.18 Å². The standard InChI is InChI=1S/C14H18FN3O2/c1-10(11-3-5-12(15)6-4-11)17(2)9-13(19)18-8-7-16-14(18)20/h3-6,10H,7-9H2,1-2H3,(H,16,20)/t10-/m1/s1. The molecule has 1 fully saturated rings. The summed E-state index contributed by atoms with van der Waals surface area (Å²) in [5.41, 5.74) is 0.924. The molecule has 0 unspecified atom stereocenters. The van der Waals surface area contributed by atoms with Gasteiger partial charge in [-0.05, 0) is 31.7 Å². The third-order valence-electron chi connectivity index (χ3n) is 3.56. The molecular formula is C14H18FN3O2. The van der Waals surface area contributed by atoms with Gasteiger partial charge in [-0.3, -0.25) is 14.6 Å². The summed E-state index contributed by atoms with van der Waals surface area (Å²) in [5.74, 6) is -0.509. The molecule has 0 spiro atoms. The van der Waals surface area contributed by atoms with Gasteiger partial charge < -0.3 is 5.32 Å². The minimum atomic E-state index is -0.335. The number of carbonyl (C=O) groups excluding carboxylic acids is 2. The first-order chi connectivity index (χ1) is 9.49. The lowest BCUT2D eigenvalue weighted by molar-refractivity contribution is -0.128. The van der Waals surface area contributed by atoms with E-state index in [1.807, 2.05) is 11.8 Å². The maximum Gasteiger partial charge on any atom is 0.324 e. The summed E-state index contributed by atoms with van der Waals surface area (Å²) >= 11 is 0. The first-order valence-electron chi connectivity index (χ1n) is 6.53. The van der Waals surface area contributed by atoms with Crippen LogP contribution in [0.2, 0.25) is 0 Å². The Morgan fingerprint density at radius 1 is 1.45 bits per heavy atom. The molecule has 1 aromatic carbocycles. The third kappa shape index (κ3) is 3.14. The second-order valence-corrected chi connectivity index (χ2v) is 4.92. The zero-order chi connectivity index (χ0) is 14.7.